The highest BCUT2D eigenvalue weighted by Gasteiger charge is 2.46. The summed E-state index contributed by atoms with van der Waals surface area (Å²) in [4.78, 5) is 14.2. The molecule has 2 aromatic rings. The molecular weight excluding hydrogens is 540 g/mol. The monoisotopic (exact) mass is 602 g/mol. The SMILES string of the molecule is CCCc1ccc(C2(OC(=O)OC3(c4ccc(CCC)c(CCC)c4CCC)CCCC3)CCCC2)c(CCC)c1CCC. The van der Waals surface area contributed by atoms with Gasteiger partial charge < -0.3 is 9.47 Å². The summed E-state index contributed by atoms with van der Waals surface area (Å²) in [5.41, 5.74) is 10.3. The van der Waals surface area contributed by atoms with Crippen molar-refractivity contribution in [2.75, 3.05) is 0 Å². The lowest BCUT2D eigenvalue weighted by Gasteiger charge is -2.36. The summed E-state index contributed by atoms with van der Waals surface area (Å²) in [5.74, 6) is 0. The maximum atomic E-state index is 14.2. The van der Waals surface area contributed by atoms with Crippen molar-refractivity contribution >= 4 is 6.16 Å². The van der Waals surface area contributed by atoms with Gasteiger partial charge in [-0.3, -0.25) is 0 Å². The van der Waals surface area contributed by atoms with E-state index >= 15 is 0 Å². The van der Waals surface area contributed by atoms with E-state index in [1.54, 1.807) is 0 Å². The number of benzene rings is 2. The first kappa shape index (κ1) is 34.6. The normalized spacial score (nSPS) is 17.2. The molecule has 0 bridgehead atoms. The van der Waals surface area contributed by atoms with E-state index in [1.165, 1.54) is 44.5 Å². The quantitative estimate of drug-likeness (QED) is 0.179. The molecule has 0 saturated heterocycles. The lowest BCUT2D eigenvalue weighted by molar-refractivity contribution is -0.0841. The average Bonchev–Trinajstić information content (AvgIpc) is 3.68. The molecule has 0 heterocycles. The van der Waals surface area contributed by atoms with Crippen molar-refractivity contribution in [1.82, 2.24) is 0 Å². The van der Waals surface area contributed by atoms with Gasteiger partial charge in [0.25, 0.3) is 0 Å². The molecule has 0 amide bonds. The second-order valence-electron chi connectivity index (χ2n) is 13.8. The molecule has 3 nitrogen and oxygen atoms in total. The van der Waals surface area contributed by atoms with Crippen LogP contribution in [0.3, 0.4) is 0 Å². The number of hydrogen-bond donors (Lipinski definition) is 0. The summed E-state index contributed by atoms with van der Waals surface area (Å²) in [5, 5.41) is 0. The van der Waals surface area contributed by atoms with Crippen molar-refractivity contribution in [1.29, 1.82) is 0 Å². The standard InChI is InChI=1S/C41H62O3/c1-7-17-31-23-25-37(35(21-11-5)33(31)19-9-3)40(27-13-14-28-40)43-39(42)44-41(29-15-16-30-41)38-26-24-32(18-8-2)34(20-10-4)36(38)22-12-6/h23-26H,7-22,27-30H2,1-6H3. The van der Waals surface area contributed by atoms with E-state index in [-0.39, 0.29) is 0 Å². The van der Waals surface area contributed by atoms with Crippen LogP contribution in [0.5, 0.6) is 0 Å². The molecular formula is C41H62O3. The lowest BCUT2D eigenvalue weighted by atomic mass is 9.80. The average molecular weight is 603 g/mol. The summed E-state index contributed by atoms with van der Waals surface area (Å²) < 4.78 is 13.4. The van der Waals surface area contributed by atoms with Gasteiger partial charge in [-0.1, -0.05) is 104 Å². The molecule has 2 fully saturated rings. The first-order valence-corrected chi connectivity index (χ1v) is 18.6. The molecule has 0 aromatic heterocycles. The second kappa shape index (κ2) is 16.3. The first-order chi connectivity index (χ1) is 21.4. The minimum Gasteiger partial charge on any atom is -0.423 e. The van der Waals surface area contributed by atoms with Crippen LogP contribution in [0.1, 0.15) is 176 Å². The van der Waals surface area contributed by atoms with Crippen LogP contribution in [-0.4, -0.2) is 6.16 Å². The third-order valence-corrected chi connectivity index (χ3v) is 10.5. The van der Waals surface area contributed by atoms with E-state index in [9.17, 15) is 4.79 Å². The molecule has 2 aromatic carbocycles. The third-order valence-electron chi connectivity index (χ3n) is 10.5. The van der Waals surface area contributed by atoms with E-state index < -0.39 is 17.4 Å². The molecule has 0 aliphatic heterocycles. The van der Waals surface area contributed by atoms with Gasteiger partial charge in [0.05, 0.1) is 0 Å². The highest BCUT2D eigenvalue weighted by atomic mass is 16.7. The largest absolute Gasteiger partial charge is 0.510 e. The van der Waals surface area contributed by atoms with Gasteiger partial charge >= 0.3 is 6.16 Å². The predicted octanol–water partition coefficient (Wildman–Crippen LogP) is 11.8. The molecule has 0 radical (unpaired) electrons. The number of rotatable bonds is 16. The van der Waals surface area contributed by atoms with Crippen molar-refractivity contribution in [2.45, 2.75) is 181 Å². The molecule has 244 valence electrons. The summed E-state index contributed by atoms with van der Waals surface area (Å²) in [6, 6.07) is 9.34. The Morgan fingerprint density at radius 3 is 1.14 bits per heavy atom. The van der Waals surface area contributed by atoms with Crippen LogP contribution in [0.25, 0.3) is 0 Å². The molecule has 0 N–H and O–H groups in total. The maximum Gasteiger partial charge on any atom is 0.510 e. The molecule has 0 atom stereocenters. The van der Waals surface area contributed by atoms with Gasteiger partial charge in [0.15, 0.2) is 0 Å². The second-order valence-corrected chi connectivity index (χ2v) is 13.8. The summed E-state index contributed by atoms with van der Waals surface area (Å²) in [6.45, 7) is 13.7. The molecule has 2 aliphatic carbocycles. The topological polar surface area (TPSA) is 35.5 Å². The van der Waals surface area contributed by atoms with Crippen molar-refractivity contribution in [3.63, 3.8) is 0 Å². The van der Waals surface area contributed by atoms with E-state index in [0.717, 1.165) is 128 Å². The number of aryl methyl sites for hydroxylation is 2. The first-order valence-electron chi connectivity index (χ1n) is 18.6. The Labute approximate surface area is 269 Å². The van der Waals surface area contributed by atoms with Crippen molar-refractivity contribution in [3.05, 3.63) is 68.8 Å². The van der Waals surface area contributed by atoms with Crippen LogP contribution in [0.15, 0.2) is 24.3 Å². The van der Waals surface area contributed by atoms with E-state index in [4.69, 9.17) is 9.47 Å². The zero-order chi connectivity index (χ0) is 31.6. The summed E-state index contributed by atoms with van der Waals surface area (Å²) >= 11 is 0. The summed E-state index contributed by atoms with van der Waals surface area (Å²) in [6.07, 6.45) is 20.7. The number of hydrogen-bond acceptors (Lipinski definition) is 3. The highest BCUT2D eigenvalue weighted by Crippen LogP contribution is 2.49. The van der Waals surface area contributed by atoms with Crippen molar-refractivity contribution < 1.29 is 14.3 Å². The number of ether oxygens (including phenoxy) is 2. The van der Waals surface area contributed by atoms with Gasteiger partial charge in [0.1, 0.15) is 11.2 Å². The Balaban J connectivity index is 1.73. The fourth-order valence-electron chi connectivity index (χ4n) is 8.62. The highest BCUT2D eigenvalue weighted by molar-refractivity contribution is 5.63. The molecule has 44 heavy (non-hydrogen) atoms. The Morgan fingerprint density at radius 2 is 0.818 bits per heavy atom. The fourth-order valence-corrected chi connectivity index (χ4v) is 8.62. The minimum atomic E-state index is -0.584. The Kier molecular flexibility index (Phi) is 12.8. The zero-order valence-electron chi connectivity index (χ0n) is 29.2. The number of carbonyl (C=O) groups is 1. The lowest BCUT2D eigenvalue weighted by Crippen LogP contribution is -2.37. The Bertz CT molecular complexity index is 1120. The maximum absolute atomic E-state index is 14.2. The predicted molar refractivity (Wildman–Crippen MR) is 185 cm³/mol. The van der Waals surface area contributed by atoms with Crippen LogP contribution < -0.4 is 0 Å². The molecule has 2 saturated carbocycles. The van der Waals surface area contributed by atoms with Crippen molar-refractivity contribution in [2.24, 2.45) is 0 Å². The van der Waals surface area contributed by atoms with Gasteiger partial charge in [-0.15, -0.1) is 0 Å². The van der Waals surface area contributed by atoms with E-state index in [0.29, 0.717) is 0 Å². The van der Waals surface area contributed by atoms with Crippen LogP contribution in [0, 0.1) is 0 Å². The van der Waals surface area contributed by atoms with Gasteiger partial charge in [0.2, 0.25) is 0 Å². The molecule has 3 heteroatoms. The van der Waals surface area contributed by atoms with Gasteiger partial charge in [0, 0.05) is 0 Å². The Hall–Kier alpha value is -2.29. The van der Waals surface area contributed by atoms with Gasteiger partial charge in [-0.2, -0.15) is 0 Å². The fraction of sp³-hybridized carbons (Fsp3) is 0.683. The van der Waals surface area contributed by atoms with Crippen LogP contribution in [0.2, 0.25) is 0 Å². The molecule has 4 rings (SSSR count). The van der Waals surface area contributed by atoms with Gasteiger partial charge in [-0.05, 0) is 134 Å². The van der Waals surface area contributed by atoms with E-state index in [2.05, 4.69) is 65.8 Å². The van der Waals surface area contributed by atoms with Crippen LogP contribution in [0.4, 0.5) is 4.79 Å². The minimum absolute atomic E-state index is 0.456. The molecule has 2 aliphatic rings. The zero-order valence-corrected chi connectivity index (χ0v) is 29.2. The van der Waals surface area contributed by atoms with Crippen LogP contribution >= 0.6 is 0 Å². The van der Waals surface area contributed by atoms with Gasteiger partial charge in [-0.25, -0.2) is 4.79 Å². The number of carbonyl (C=O) groups excluding carboxylic acids is 1. The smallest absolute Gasteiger partial charge is 0.423 e. The molecule has 0 spiro atoms. The third kappa shape index (κ3) is 7.39. The summed E-state index contributed by atoms with van der Waals surface area (Å²) in [7, 11) is 0. The molecule has 0 unspecified atom stereocenters. The van der Waals surface area contributed by atoms with Crippen molar-refractivity contribution in [3.8, 4) is 0 Å². The van der Waals surface area contributed by atoms with E-state index in [1.807, 2.05) is 0 Å². The Morgan fingerprint density at radius 1 is 0.500 bits per heavy atom. The van der Waals surface area contributed by atoms with Crippen LogP contribution in [-0.2, 0) is 59.2 Å².